The zero-order valence-corrected chi connectivity index (χ0v) is 17.6. The van der Waals surface area contributed by atoms with Gasteiger partial charge in [-0.25, -0.2) is 9.18 Å². The number of halogens is 1. The average Bonchev–Trinajstić information content (AvgIpc) is 3.42. The number of rotatable bonds is 4. The molecule has 0 spiro atoms. The summed E-state index contributed by atoms with van der Waals surface area (Å²) in [6.45, 7) is 6.22. The molecule has 7 heteroatoms. The summed E-state index contributed by atoms with van der Waals surface area (Å²) in [6, 6.07) is 10.6. The number of aromatic nitrogens is 3. The third-order valence-electron chi connectivity index (χ3n) is 6.34. The number of nitrogens with zero attached hydrogens (tertiary/aromatic N) is 2. The topological polar surface area (TPSA) is 80.1 Å². The first-order valence-electron chi connectivity index (χ1n) is 10.4. The number of hydrogen-bond donors (Lipinski definition) is 2. The number of ether oxygens (including phenoxy) is 1. The van der Waals surface area contributed by atoms with Crippen LogP contribution in [-0.4, -0.2) is 38.0 Å². The molecule has 0 bridgehead atoms. The van der Waals surface area contributed by atoms with Crippen LogP contribution >= 0.6 is 0 Å². The Morgan fingerprint density at radius 1 is 1.32 bits per heavy atom. The molecule has 1 aliphatic heterocycles. The van der Waals surface area contributed by atoms with E-state index in [1.54, 1.807) is 25.3 Å². The first-order valence-corrected chi connectivity index (χ1v) is 10.4. The predicted molar refractivity (Wildman–Crippen MR) is 116 cm³/mol. The van der Waals surface area contributed by atoms with Gasteiger partial charge in [-0.1, -0.05) is 13.8 Å². The molecular weight excluding hydrogens is 397 g/mol. The molecule has 160 valence electrons. The quantitative estimate of drug-likeness (QED) is 0.479. The molecule has 4 aromatic rings. The van der Waals surface area contributed by atoms with Gasteiger partial charge in [0.05, 0.1) is 23.8 Å². The third kappa shape index (κ3) is 3.03. The van der Waals surface area contributed by atoms with Crippen molar-refractivity contribution in [1.82, 2.24) is 14.8 Å². The van der Waals surface area contributed by atoms with Gasteiger partial charge in [-0.15, -0.1) is 0 Å². The highest BCUT2D eigenvalue weighted by Gasteiger charge is 2.45. The van der Waals surface area contributed by atoms with E-state index in [0.717, 1.165) is 38.8 Å². The molecule has 0 amide bonds. The summed E-state index contributed by atoms with van der Waals surface area (Å²) in [5.41, 5.74) is 3.75. The fourth-order valence-electron chi connectivity index (χ4n) is 4.84. The maximum atomic E-state index is 13.7. The summed E-state index contributed by atoms with van der Waals surface area (Å²) in [7, 11) is 0. The van der Waals surface area contributed by atoms with Gasteiger partial charge in [-0.3, -0.25) is 5.10 Å². The fraction of sp³-hybridized carbons (Fsp3) is 0.333. The summed E-state index contributed by atoms with van der Waals surface area (Å²) in [5, 5.41) is 18.9. The molecule has 2 N–H and O–H groups in total. The lowest BCUT2D eigenvalue weighted by Crippen LogP contribution is -2.34. The molecule has 0 unspecified atom stereocenters. The lowest BCUT2D eigenvalue weighted by Gasteiger charge is -2.19. The Kier molecular flexibility index (Phi) is 4.41. The molecule has 0 aliphatic carbocycles. The van der Waals surface area contributed by atoms with Crippen LogP contribution in [-0.2, 0) is 9.53 Å². The summed E-state index contributed by atoms with van der Waals surface area (Å²) < 4.78 is 21.6. The van der Waals surface area contributed by atoms with Gasteiger partial charge < -0.3 is 14.4 Å². The van der Waals surface area contributed by atoms with Crippen molar-refractivity contribution in [2.24, 2.45) is 0 Å². The number of carbonyl (C=O) groups is 1. The second-order valence-corrected chi connectivity index (χ2v) is 8.84. The molecule has 1 aliphatic rings. The zero-order valence-electron chi connectivity index (χ0n) is 17.6. The normalized spacial score (nSPS) is 21.5. The average molecular weight is 421 g/mol. The van der Waals surface area contributed by atoms with E-state index in [1.807, 2.05) is 0 Å². The monoisotopic (exact) mass is 421 g/mol. The predicted octanol–water partition coefficient (Wildman–Crippen LogP) is 5.12. The van der Waals surface area contributed by atoms with Gasteiger partial charge in [-0.2, -0.15) is 5.10 Å². The van der Waals surface area contributed by atoms with E-state index in [-0.39, 0.29) is 17.7 Å². The van der Waals surface area contributed by atoms with Crippen LogP contribution in [0.15, 0.2) is 42.6 Å². The van der Waals surface area contributed by atoms with Crippen LogP contribution in [0.4, 0.5) is 4.39 Å². The number of fused-ring (bicyclic) bond motifs is 2. The van der Waals surface area contributed by atoms with Gasteiger partial charge in [0.1, 0.15) is 5.82 Å². The van der Waals surface area contributed by atoms with Crippen molar-refractivity contribution in [3.05, 3.63) is 59.7 Å². The molecule has 31 heavy (non-hydrogen) atoms. The van der Waals surface area contributed by atoms with Gasteiger partial charge >= 0.3 is 5.97 Å². The van der Waals surface area contributed by atoms with Gasteiger partial charge in [0, 0.05) is 28.1 Å². The number of benzene rings is 2. The lowest BCUT2D eigenvalue weighted by molar-refractivity contribution is -0.157. The fourth-order valence-corrected chi connectivity index (χ4v) is 4.84. The molecule has 3 heterocycles. The molecule has 2 aromatic carbocycles. The molecule has 6 nitrogen and oxygen atoms in total. The van der Waals surface area contributed by atoms with Crippen molar-refractivity contribution >= 4 is 27.8 Å². The van der Waals surface area contributed by atoms with Crippen LogP contribution in [0.25, 0.3) is 27.5 Å². The highest BCUT2D eigenvalue weighted by molar-refractivity contribution is 5.99. The van der Waals surface area contributed by atoms with Crippen LogP contribution < -0.4 is 0 Å². The first kappa shape index (κ1) is 19.8. The van der Waals surface area contributed by atoms with Crippen molar-refractivity contribution in [1.29, 1.82) is 0 Å². The van der Waals surface area contributed by atoms with Crippen LogP contribution in [0.5, 0.6) is 0 Å². The Labute approximate surface area is 178 Å². The summed E-state index contributed by atoms with van der Waals surface area (Å²) in [6.07, 6.45) is 2.18. The molecule has 2 atom stereocenters. The minimum Gasteiger partial charge on any atom is -0.479 e. The summed E-state index contributed by atoms with van der Waals surface area (Å²) >= 11 is 0. The molecule has 1 saturated heterocycles. The lowest BCUT2D eigenvalue weighted by atomic mass is 9.86. The summed E-state index contributed by atoms with van der Waals surface area (Å²) in [5.74, 6) is -1.15. The van der Waals surface area contributed by atoms with Gasteiger partial charge in [-0.05, 0) is 61.2 Å². The maximum absolute atomic E-state index is 13.7. The van der Waals surface area contributed by atoms with E-state index in [1.165, 1.54) is 12.1 Å². The number of aromatic amines is 1. The Bertz CT molecular complexity index is 1310. The largest absolute Gasteiger partial charge is 0.479 e. The van der Waals surface area contributed by atoms with E-state index in [4.69, 9.17) is 4.74 Å². The van der Waals surface area contributed by atoms with E-state index < -0.39 is 11.6 Å². The smallest absolute Gasteiger partial charge is 0.335 e. The van der Waals surface area contributed by atoms with Gasteiger partial charge in [0.15, 0.2) is 5.60 Å². The Morgan fingerprint density at radius 2 is 2.06 bits per heavy atom. The van der Waals surface area contributed by atoms with Crippen LogP contribution in [0.3, 0.4) is 0 Å². The zero-order chi connectivity index (χ0) is 21.9. The van der Waals surface area contributed by atoms with Gasteiger partial charge in [0.2, 0.25) is 0 Å². The Morgan fingerprint density at radius 3 is 2.71 bits per heavy atom. The SMILES string of the molecule is CC(C)c1c([C@@H]2CO[C@@](C)(C(=O)O)C2)c2cc3[nH]ncc3cc2n1-c1ccc(F)cc1. The number of hydrogen-bond acceptors (Lipinski definition) is 3. The minimum absolute atomic E-state index is 0.0666. The number of carboxylic acids is 1. The Balaban J connectivity index is 1.82. The number of H-pyrrole nitrogens is 1. The molecule has 5 rings (SSSR count). The van der Waals surface area contributed by atoms with Crippen LogP contribution in [0.2, 0.25) is 0 Å². The van der Waals surface area contributed by atoms with Crippen molar-refractivity contribution in [2.45, 2.75) is 44.6 Å². The molecule has 0 radical (unpaired) electrons. The summed E-state index contributed by atoms with van der Waals surface area (Å²) in [4.78, 5) is 11.8. The van der Waals surface area contributed by atoms with E-state index in [2.05, 4.69) is 40.7 Å². The molecular formula is C24H24FN3O3. The van der Waals surface area contributed by atoms with E-state index in [9.17, 15) is 14.3 Å². The van der Waals surface area contributed by atoms with Crippen LogP contribution in [0, 0.1) is 5.82 Å². The molecule has 1 fully saturated rings. The number of nitrogens with one attached hydrogen (secondary N) is 1. The maximum Gasteiger partial charge on any atom is 0.335 e. The number of carboxylic acid groups (broad SMARTS) is 1. The minimum atomic E-state index is -1.21. The van der Waals surface area contributed by atoms with Crippen molar-refractivity contribution < 1.29 is 19.0 Å². The Hall–Kier alpha value is -3.19. The second kappa shape index (κ2) is 6.92. The van der Waals surface area contributed by atoms with Gasteiger partial charge in [0.25, 0.3) is 0 Å². The van der Waals surface area contributed by atoms with Crippen molar-refractivity contribution in [3.8, 4) is 5.69 Å². The van der Waals surface area contributed by atoms with Crippen molar-refractivity contribution in [3.63, 3.8) is 0 Å². The first-order chi connectivity index (χ1) is 14.8. The third-order valence-corrected chi connectivity index (χ3v) is 6.34. The van der Waals surface area contributed by atoms with E-state index in [0.29, 0.717) is 13.0 Å². The molecule has 0 saturated carbocycles. The standard InChI is InChI=1S/C24H24FN3O3/c1-13(2)22-21(15-10-24(3,23(29)30)31-12-15)18-9-19-14(11-26-27-19)8-20(18)28(22)17-6-4-16(25)5-7-17/h4-9,11,13,15H,10,12H2,1-3H3,(H,26,27)(H,29,30)/t15-,24+/m0/s1. The molecule has 2 aromatic heterocycles. The second-order valence-electron chi connectivity index (χ2n) is 8.84. The van der Waals surface area contributed by atoms with Crippen LogP contribution in [0.1, 0.15) is 50.3 Å². The number of aliphatic carboxylic acids is 1. The highest BCUT2D eigenvalue weighted by Crippen LogP contribution is 2.45. The van der Waals surface area contributed by atoms with E-state index >= 15 is 0 Å². The van der Waals surface area contributed by atoms with Crippen molar-refractivity contribution in [2.75, 3.05) is 6.61 Å². The highest BCUT2D eigenvalue weighted by atomic mass is 19.1.